The van der Waals surface area contributed by atoms with Gasteiger partial charge in [0.05, 0.1) is 11.3 Å². The van der Waals surface area contributed by atoms with Crippen LogP contribution in [-0.4, -0.2) is 11.0 Å². The van der Waals surface area contributed by atoms with Crippen LogP contribution < -0.4 is 10.6 Å². The molecule has 0 bridgehead atoms. The standard InChI is InChI=1S/C12H11N3OS/c13-7-9-3-1-2-4-10(9)14-12(17)15-11(16)8-5-6-8/h1-4,8H,5-6H2,(H2,14,15,16,17). The molecule has 1 aliphatic carbocycles. The molecule has 1 amide bonds. The molecule has 0 unspecified atom stereocenters. The first-order valence-corrected chi connectivity index (χ1v) is 5.72. The van der Waals surface area contributed by atoms with Crippen molar-refractivity contribution in [1.82, 2.24) is 5.32 Å². The van der Waals surface area contributed by atoms with Gasteiger partial charge in [-0.1, -0.05) is 12.1 Å². The van der Waals surface area contributed by atoms with Crippen LogP contribution in [0, 0.1) is 17.2 Å². The van der Waals surface area contributed by atoms with Gasteiger partial charge in [0.25, 0.3) is 0 Å². The molecule has 1 aromatic carbocycles. The van der Waals surface area contributed by atoms with E-state index in [1.54, 1.807) is 24.3 Å². The second-order valence-corrected chi connectivity index (χ2v) is 4.28. The van der Waals surface area contributed by atoms with Gasteiger partial charge in [0.1, 0.15) is 6.07 Å². The third kappa shape index (κ3) is 3.02. The number of thiocarbonyl (C=S) groups is 1. The minimum atomic E-state index is -0.0445. The minimum absolute atomic E-state index is 0.0445. The number of nitrogens with zero attached hydrogens (tertiary/aromatic N) is 1. The van der Waals surface area contributed by atoms with E-state index in [1.807, 2.05) is 0 Å². The molecule has 0 aliphatic heterocycles. The lowest BCUT2D eigenvalue weighted by molar-refractivity contribution is -0.120. The minimum Gasteiger partial charge on any atom is -0.331 e. The Morgan fingerprint density at radius 1 is 1.41 bits per heavy atom. The van der Waals surface area contributed by atoms with E-state index in [4.69, 9.17) is 17.5 Å². The van der Waals surface area contributed by atoms with E-state index < -0.39 is 0 Å². The molecule has 2 N–H and O–H groups in total. The molecule has 1 aromatic rings. The first-order valence-electron chi connectivity index (χ1n) is 5.31. The van der Waals surface area contributed by atoms with Crippen molar-refractivity contribution in [3.8, 4) is 6.07 Å². The molecule has 2 rings (SSSR count). The van der Waals surface area contributed by atoms with E-state index in [-0.39, 0.29) is 16.9 Å². The Hall–Kier alpha value is -1.93. The monoisotopic (exact) mass is 245 g/mol. The Morgan fingerprint density at radius 3 is 2.76 bits per heavy atom. The fourth-order valence-electron chi connectivity index (χ4n) is 1.40. The molecule has 0 atom stereocenters. The van der Waals surface area contributed by atoms with Gasteiger partial charge in [-0.05, 0) is 37.2 Å². The zero-order valence-corrected chi connectivity index (χ0v) is 9.88. The highest BCUT2D eigenvalue weighted by Crippen LogP contribution is 2.28. The average Bonchev–Trinajstić information content (AvgIpc) is 3.13. The third-order valence-corrected chi connectivity index (χ3v) is 2.68. The zero-order valence-electron chi connectivity index (χ0n) is 9.06. The van der Waals surface area contributed by atoms with Crippen molar-refractivity contribution in [1.29, 1.82) is 5.26 Å². The fraction of sp³-hybridized carbons (Fsp3) is 0.250. The van der Waals surface area contributed by atoms with Crippen LogP contribution >= 0.6 is 12.2 Å². The number of amides is 1. The summed E-state index contributed by atoms with van der Waals surface area (Å²) in [5.74, 6) is 0.0675. The second kappa shape index (κ2) is 4.93. The third-order valence-electron chi connectivity index (χ3n) is 2.48. The molecule has 1 fully saturated rings. The van der Waals surface area contributed by atoms with Gasteiger partial charge >= 0.3 is 0 Å². The number of para-hydroxylation sites is 1. The van der Waals surface area contributed by atoms with Gasteiger partial charge in [-0.2, -0.15) is 5.26 Å². The van der Waals surface area contributed by atoms with Crippen LogP contribution in [0.3, 0.4) is 0 Å². The summed E-state index contributed by atoms with van der Waals surface area (Å²) in [6.45, 7) is 0. The SMILES string of the molecule is N#Cc1ccccc1NC(=S)NC(=O)C1CC1. The molecule has 0 radical (unpaired) electrons. The van der Waals surface area contributed by atoms with Crippen LogP contribution in [-0.2, 0) is 4.79 Å². The van der Waals surface area contributed by atoms with Gasteiger partial charge in [-0.25, -0.2) is 0 Å². The van der Waals surface area contributed by atoms with Crippen LogP contribution in [0.2, 0.25) is 0 Å². The van der Waals surface area contributed by atoms with E-state index in [1.165, 1.54) is 0 Å². The number of nitrogens with one attached hydrogen (secondary N) is 2. The van der Waals surface area contributed by atoms with Crippen molar-refractivity contribution in [3.05, 3.63) is 29.8 Å². The highest BCUT2D eigenvalue weighted by molar-refractivity contribution is 7.80. The van der Waals surface area contributed by atoms with E-state index in [9.17, 15) is 4.79 Å². The largest absolute Gasteiger partial charge is 0.331 e. The highest BCUT2D eigenvalue weighted by Gasteiger charge is 2.30. The van der Waals surface area contributed by atoms with Crippen molar-refractivity contribution in [2.24, 2.45) is 5.92 Å². The number of hydrogen-bond donors (Lipinski definition) is 2. The molecule has 0 spiro atoms. The maximum Gasteiger partial charge on any atom is 0.229 e. The molecule has 0 heterocycles. The average molecular weight is 245 g/mol. The summed E-state index contributed by atoms with van der Waals surface area (Å²) in [6.07, 6.45) is 1.87. The molecule has 86 valence electrons. The summed E-state index contributed by atoms with van der Waals surface area (Å²) in [7, 11) is 0. The summed E-state index contributed by atoms with van der Waals surface area (Å²) in [6, 6.07) is 9.06. The Labute approximate surface area is 105 Å². The maximum atomic E-state index is 11.5. The molecule has 0 saturated heterocycles. The van der Waals surface area contributed by atoms with Gasteiger partial charge in [0.15, 0.2) is 5.11 Å². The lowest BCUT2D eigenvalue weighted by atomic mass is 10.2. The Balaban J connectivity index is 1.98. The molecule has 1 aliphatic rings. The summed E-state index contributed by atoms with van der Waals surface area (Å²) in [4.78, 5) is 11.5. The Morgan fingerprint density at radius 2 is 2.12 bits per heavy atom. The fourth-order valence-corrected chi connectivity index (χ4v) is 1.61. The molecule has 0 aromatic heterocycles. The van der Waals surface area contributed by atoms with Crippen molar-refractivity contribution in [3.63, 3.8) is 0 Å². The number of rotatable bonds is 2. The molecule has 1 saturated carbocycles. The van der Waals surface area contributed by atoms with Crippen molar-refractivity contribution in [2.75, 3.05) is 5.32 Å². The van der Waals surface area contributed by atoms with Crippen LogP contribution in [0.25, 0.3) is 0 Å². The topological polar surface area (TPSA) is 64.9 Å². The lowest BCUT2D eigenvalue weighted by Gasteiger charge is -2.09. The van der Waals surface area contributed by atoms with Gasteiger partial charge in [0.2, 0.25) is 5.91 Å². The Bertz CT molecular complexity index is 503. The van der Waals surface area contributed by atoms with E-state index >= 15 is 0 Å². The van der Waals surface area contributed by atoms with Crippen molar-refractivity contribution in [2.45, 2.75) is 12.8 Å². The lowest BCUT2D eigenvalue weighted by Crippen LogP contribution is -2.35. The van der Waals surface area contributed by atoms with Crippen LogP contribution in [0.1, 0.15) is 18.4 Å². The highest BCUT2D eigenvalue weighted by atomic mass is 32.1. The van der Waals surface area contributed by atoms with Crippen LogP contribution in [0.5, 0.6) is 0 Å². The maximum absolute atomic E-state index is 11.5. The predicted octanol–water partition coefficient (Wildman–Crippen LogP) is 1.78. The predicted molar refractivity (Wildman–Crippen MR) is 68.2 cm³/mol. The second-order valence-electron chi connectivity index (χ2n) is 3.88. The number of hydrogen-bond acceptors (Lipinski definition) is 3. The summed E-state index contributed by atoms with van der Waals surface area (Å²) < 4.78 is 0. The summed E-state index contributed by atoms with van der Waals surface area (Å²) >= 11 is 5.01. The first kappa shape index (κ1) is 11.6. The van der Waals surface area contributed by atoms with Gasteiger partial charge < -0.3 is 10.6 Å². The van der Waals surface area contributed by atoms with Crippen LogP contribution in [0.15, 0.2) is 24.3 Å². The number of nitriles is 1. The quantitative estimate of drug-likeness (QED) is 0.779. The van der Waals surface area contributed by atoms with Crippen molar-refractivity contribution >= 4 is 28.9 Å². The number of carbonyl (C=O) groups is 1. The van der Waals surface area contributed by atoms with Gasteiger partial charge in [-0.15, -0.1) is 0 Å². The Kier molecular flexibility index (Phi) is 3.35. The van der Waals surface area contributed by atoms with Crippen LogP contribution in [0.4, 0.5) is 5.69 Å². The normalized spacial score (nSPS) is 13.6. The molecular formula is C12H11N3OS. The molecular weight excluding hydrogens is 234 g/mol. The summed E-state index contributed by atoms with van der Waals surface area (Å²) in [5.41, 5.74) is 1.10. The first-order chi connectivity index (χ1) is 8.20. The number of anilines is 1. The summed E-state index contributed by atoms with van der Waals surface area (Å²) in [5, 5.41) is 14.6. The van der Waals surface area contributed by atoms with Gasteiger partial charge in [0, 0.05) is 5.92 Å². The van der Waals surface area contributed by atoms with Crippen molar-refractivity contribution < 1.29 is 4.79 Å². The van der Waals surface area contributed by atoms with E-state index in [0.29, 0.717) is 11.3 Å². The van der Waals surface area contributed by atoms with Gasteiger partial charge in [-0.3, -0.25) is 4.79 Å². The number of benzene rings is 1. The molecule has 5 heteroatoms. The number of carbonyl (C=O) groups excluding carboxylic acids is 1. The zero-order chi connectivity index (χ0) is 12.3. The van der Waals surface area contributed by atoms with E-state index in [2.05, 4.69) is 16.7 Å². The molecule has 17 heavy (non-hydrogen) atoms. The smallest absolute Gasteiger partial charge is 0.229 e. The van der Waals surface area contributed by atoms with E-state index in [0.717, 1.165) is 12.8 Å². The molecule has 4 nitrogen and oxygen atoms in total.